The Morgan fingerprint density at radius 2 is 0.750 bits per heavy atom. The number of unbranched alkanes of at least 4 members (excludes halogenated alkanes) is 30. The zero-order valence-electron chi connectivity index (χ0n) is 34.5. The second kappa shape index (κ2) is 35.1. The minimum atomic E-state index is 1.10. The fourth-order valence-corrected chi connectivity index (χ4v) is 8.12. The molecule has 2 rings (SSSR count). The van der Waals surface area contributed by atoms with Gasteiger partial charge in [-0.15, -0.1) is 0 Å². The van der Waals surface area contributed by atoms with Gasteiger partial charge in [-0.05, 0) is 54.3 Å². The number of nitrogens with zero attached hydrogens (tertiary/aromatic N) is 2. The van der Waals surface area contributed by atoms with Crippen LogP contribution in [0.1, 0.15) is 230 Å². The minimum absolute atomic E-state index is 1.10. The van der Waals surface area contributed by atoms with Gasteiger partial charge in [-0.3, -0.25) is 4.98 Å². The number of halogens is 1. The van der Waals surface area contributed by atoms with E-state index in [2.05, 4.69) is 70.0 Å². The van der Waals surface area contributed by atoms with Gasteiger partial charge in [0.05, 0.1) is 0 Å². The Morgan fingerprint density at radius 3 is 1.08 bits per heavy atom. The van der Waals surface area contributed by atoms with E-state index in [1.54, 1.807) is 0 Å². The molecule has 1 aromatic heterocycles. The van der Waals surface area contributed by atoms with E-state index in [-0.39, 0.29) is 0 Å². The van der Waals surface area contributed by atoms with Crippen molar-refractivity contribution in [1.82, 2.24) is 4.98 Å². The summed E-state index contributed by atoms with van der Waals surface area (Å²) < 4.78 is 1.10. The molecule has 0 aliphatic rings. The Labute approximate surface area is 333 Å². The normalized spacial score (nSPS) is 11.8. The van der Waals surface area contributed by atoms with Crippen LogP contribution in [0.15, 0.2) is 48.8 Å². The third-order valence-electron chi connectivity index (χ3n) is 11.1. The Bertz CT molecular complexity index is 1010. The fourth-order valence-electron chi connectivity index (χ4n) is 7.59. The van der Waals surface area contributed by atoms with Gasteiger partial charge in [0.25, 0.3) is 0 Å². The molecule has 0 saturated heterocycles. The van der Waals surface area contributed by atoms with Crippen molar-refractivity contribution in [3.63, 3.8) is 0 Å². The maximum absolute atomic E-state index is 4.16. The number of rotatable bonds is 37. The predicted molar refractivity (Wildman–Crippen MR) is 239 cm³/mol. The molecule has 0 amide bonds. The molecule has 0 bridgehead atoms. The van der Waals surface area contributed by atoms with Gasteiger partial charge in [0.2, 0.25) is 0 Å². The molecule has 3 heteroatoms. The molecular weight excluding hydrogens is 696 g/mol. The lowest BCUT2D eigenvalue weighted by molar-refractivity contribution is 0.524. The Morgan fingerprint density at radius 1 is 0.442 bits per heavy atom. The quantitative estimate of drug-likeness (QED) is 0.0635. The molecule has 0 aliphatic heterocycles. The van der Waals surface area contributed by atoms with Crippen LogP contribution in [0.2, 0.25) is 0 Å². The van der Waals surface area contributed by atoms with Crippen molar-refractivity contribution in [3.05, 3.63) is 59.9 Å². The van der Waals surface area contributed by atoms with Crippen LogP contribution in [0.25, 0.3) is 10.6 Å². The standard InChI is InChI=1S/C49H83BrN2/c1-3-5-7-9-11-13-15-17-19-21-23-25-27-29-31-33-43-52(48-37-35-46(36-38-48)45-49(50)47-39-41-51-42-40-47)44-34-32-30-28-26-24-22-20-18-16-14-12-10-8-6-4-2/h35-42,45H,3-34,43-44H2,1-2H3/b49-45-. The van der Waals surface area contributed by atoms with E-state index in [0.717, 1.165) is 10.0 Å². The van der Waals surface area contributed by atoms with Crippen molar-refractivity contribution in [2.24, 2.45) is 0 Å². The van der Waals surface area contributed by atoms with Crippen molar-refractivity contribution >= 4 is 32.2 Å². The van der Waals surface area contributed by atoms with E-state index < -0.39 is 0 Å². The van der Waals surface area contributed by atoms with Crippen molar-refractivity contribution in [3.8, 4) is 0 Å². The van der Waals surface area contributed by atoms with Crippen LogP contribution < -0.4 is 4.90 Å². The molecule has 296 valence electrons. The molecule has 2 aromatic rings. The van der Waals surface area contributed by atoms with Crippen molar-refractivity contribution in [2.75, 3.05) is 18.0 Å². The molecule has 0 radical (unpaired) electrons. The third-order valence-corrected chi connectivity index (χ3v) is 11.8. The number of pyridine rings is 1. The van der Waals surface area contributed by atoms with Gasteiger partial charge in [-0.1, -0.05) is 235 Å². The van der Waals surface area contributed by atoms with Crippen molar-refractivity contribution in [1.29, 1.82) is 0 Å². The maximum Gasteiger partial charge on any atom is 0.0366 e. The minimum Gasteiger partial charge on any atom is -0.372 e. The molecule has 0 fully saturated rings. The molecule has 0 aliphatic carbocycles. The third kappa shape index (κ3) is 26.2. The summed E-state index contributed by atoms with van der Waals surface area (Å²) in [6, 6.07) is 13.4. The van der Waals surface area contributed by atoms with Gasteiger partial charge in [0, 0.05) is 35.7 Å². The highest BCUT2D eigenvalue weighted by molar-refractivity contribution is 9.15. The molecule has 0 unspecified atom stereocenters. The van der Waals surface area contributed by atoms with E-state index in [4.69, 9.17) is 0 Å². The van der Waals surface area contributed by atoms with Crippen LogP contribution in [0.5, 0.6) is 0 Å². The monoisotopic (exact) mass is 779 g/mol. The zero-order chi connectivity index (χ0) is 37.0. The molecule has 52 heavy (non-hydrogen) atoms. The van der Waals surface area contributed by atoms with Crippen LogP contribution in [0.3, 0.4) is 0 Å². The SMILES string of the molecule is CCCCCCCCCCCCCCCCCCN(CCCCCCCCCCCCCCCCCC)c1ccc(/C=C(\Br)c2ccncc2)cc1. The van der Waals surface area contributed by atoms with Crippen LogP contribution in [0.4, 0.5) is 5.69 Å². The van der Waals surface area contributed by atoms with Gasteiger partial charge in [-0.25, -0.2) is 0 Å². The first kappa shape index (κ1) is 46.5. The second-order valence-electron chi connectivity index (χ2n) is 15.9. The van der Waals surface area contributed by atoms with Crippen molar-refractivity contribution < 1.29 is 0 Å². The maximum atomic E-state index is 4.16. The van der Waals surface area contributed by atoms with Crippen LogP contribution in [0, 0.1) is 0 Å². The first-order valence-electron chi connectivity index (χ1n) is 22.9. The van der Waals surface area contributed by atoms with Crippen LogP contribution >= 0.6 is 15.9 Å². The summed E-state index contributed by atoms with van der Waals surface area (Å²) in [5.74, 6) is 0. The average molecular weight is 780 g/mol. The topological polar surface area (TPSA) is 16.1 Å². The average Bonchev–Trinajstić information content (AvgIpc) is 3.17. The molecule has 2 nitrogen and oxygen atoms in total. The lowest BCUT2D eigenvalue weighted by atomic mass is 10.0. The predicted octanol–water partition coefficient (Wildman–Crippen LogP) is 17.3. The summed E-state index contributed by atoms with van der Waals surface area (Å²) in [7, 11) is 0. The lowest BCUT2D eigenvalue weighted by Gasteiger charge is -2.25. The largest absolute Gasteiger partial charge is 0.372 e. The van der Waals surface area contributed by atoms with Gasteiger partial charge >= 0.3 is 0 Å². The number of hydrogen-bond donors (Lipinski definition) is 0. The first-order valence-corrected chi connectivity index (χ1v) is 23.7. The highest BCUT2D eigenvalue weighted by Gasteiger charge is 2.07. The van der Waals surface area contributed by atoms with E-state index in [1.807, 2.05) is 24.5 Å². The smallest absolute Gasteiger partial charge is 0.0366 e. The van der Waals surface area contributed by atoms with E-state index in [0.29, 0.717) is 0 Å². The number of aromatic nitrogens is 1. The molecule has 1 heterocycles. The van der Waals surface area contributed by atoms with Gasteiger partial charge in [0.15, 0.2) is 0 Å². The molecule has 0 atom stereocenters. The Hall–Kier alpha value is -1.61. The summed E-state index contributed by atoms with van der Waals surface area (Å²) in [6.07, 6.45) is 51.6. The van der Waals surface area contributed by atoms with Gasteiger partial charge in [0.1, 0.15) is 0 Å². The number of benzene rings is 1. The van der Waals surface area contributed by atoms with Gasteiger partial charge in [-0.2, -0.15) is 0 Å². The summed E-state index contributed by atoms with van der Waals surface area (Å²) in [5.41, 5.74) is 3.78. The summed E-state index contributed by atoms with van der Waals surface area (Å²) in [5, 5.41) is 0. The van der Waals surface area contributed by atoms with E-state index >= 15 is 0 Å². The van der Waals surface area contributed by atoms with Crippen molar-refractivity contribution in [2.45, 2.75) is 219 Å². The fraction of sp³-hybridized carbons (Fsp3) is 0.735. The molecule has 1 aromatic carbocycles. The van der Waals surface area contributed by atoms with Crippen LogP contribution in [-0.4, -0.2) is 18.1 Å². The summed E-state index contributed by atoms with van der Waals surface area (Å²) in [4.78, 5) is 6.84. The highest BCUT2D eigenvalue weighted by Crippen LogP contribution is 2.26. The zero-order valence-corrected chi connectivity index (χ0v) is 36.1. The molecule has 0 N–H and O–H groups in total. The number of hydrogen-bond acceptors (Lipinski definition) is 2. The molecule has 0 saturated carbocycles. The number of anilines is 1. The second-order valence-corrected chi connectivity index (χ2v) is 16.8. The Balaban J connectivity index is 1.63. The van der Waals surface area contributed by atoms with E-state index in [1.165, 1.54) is 230 Å². The molecule has 0 spiro atoms. The van der Waals surface area contributed by atoms with Crippen LogP contribution in [-0.2, 0) is 0 Å². The molecular formula is C49H83BrN2. The summed E-state index contributed by atoms with van der Waals surface area (Å²) in [6.45, 7) is 6.99. The lowest BCUT2D eigenvalue weighted by Crippen LogP contribution is -2.25. The van der Waals surface area contributed by atoms with Gasteiger partial charge < -0.3 is 4.90 Å². The summed E-state index contributed by atoms with van der Waals surface area (Å²) >= 11 is 3.77. The van der Waals surface area contributed by atoms with E-state index in [9.17, 15) is 0 Å². The highest BCUT2D eigenvalue weighted by atomic mass is 79.9. The first-order chi connectivity index (χ1) is 25.7. The Kier molecular flexibility index (Phi) is 31.4.